The van der Waals surface area contributed by atoms with Gasteiger partial charge in [0, 0.05) is 17.8 Å². The summed E-state index contributed by atoms with van der Waals surface area (Å²) in [6, 6.07) is 10.6. The molecule has 0 saturated carbocycles. The van der Waals surface area contributed by atoms with E-state index in [1.165, 1.54) is 18.2 Å². The fraction of sp³-hybridized carbons (Fsp3) is 0.0714. The molecule has 0 aliphatic carbocycles. The number of phenolic OH excluding ortho intramolecular Hbond substituents is 1. The Balaban J connectivity index is 2.13. The lowest BCUT2D eigenvalue weighted by Gasteiger charge is -2.09. The first kappa shape index (κ1) is 13.2. The number of aromatic hydroxyl groups is 1. The number of anilines is 1. The van der Waals surface area contributed by atoms with Crippen LogP contribution in [0.2, 0.25) is 5.02 Å². The second-order valence-corrected chi connectivity index (χ2v) is 4.34. The van der Waals surface area contributed by atoms with Gasteiger partial charge in [0.05, 0.1) is 10.6 Å². The summed E-state index contributed by atoms with van der Waals surface area (Å²) in [6.07, 6.45) is 0. The lowest BCUT2D eigenvalue weighted by molar-refractivity contribution is 0.466. The molecule has 0 spiro atoms. The van der Waals surface area contributed by atoms with Crippen LogP contribution in [0.15, 0.2) is 36.4 Å². The number of nitrogens with one attached hydrogen (secondary N) is 1. The van der Waals surface area contributed by atoms with Crippen LogP contribution in [0, 0.1) is 17.1 Å². The Hall–Kier alpha value is -2.25. The smallest absolute Gasteiger partial charge is 0.123 e. The minimum absolute atomic E-state index is 0.0219. The van der Waals surface area contributed by atoms with E-state index in [9.17, 15) is 9.50 Å². The number of hydrogen-bond acceptors (Lipinski definition) is 3. The van der Waals surface area contributed by atoms with Gasteiger partial charge in [0.1, 0.15) is 17.6 Å². The first-order chi connectivity index (χ1) is 9.10. The standard InChI is InChI=1S/C14H10ClFN2O/c15-13-6-12(3-1-9(13)7-17)18-8-10-5-11(16)2-4-14(10)19/h1-6,18-19H,8H2. The highest BCUT2D eigenvalue weighted by atomic mass is 35.5. The fourth-order valence-corrected chi connectivity index (χ4v) is 1.83. The number of phenols is 1. The molecule has 2 aromatic rings. The summed E-state index contributed by atoms with van der Waals surface area (Å²) in [4.78, 5) is 0. The molecule has 19 heavy (non-hydrogen) atoms. The van der Waals surface area contributed by atoms with E-state index in [2.05, 4.69) is 5.32 Å². The third-order valence-corrected chi connectivity index (χ3v) is 2.93. The Bertz CT molecular complexity index is 652. The van der Waals surface area contributed by atoms with Crippen LogP contribution in [0.4, 0.5) is 10.1 Å². The highest BCUT2D eigenvalue weighted by molar-refractivity contribution is 6.32. The Morgan fingerprint density at radius 3 is 2.74 bits per heavy atom. The maximum atomic E-state index is 13.0. The van der Waals surface area contributed by atoms with Crippen LogP contribution < -0.4 is 5.32 Å². The van der Waals surface area contributed by atoms with Crippen molar-refractivity contribution in [3.8, 4) is 11.8 Å². The molecule has 0 atom stereocenters. The van der Waals surface area contributed by atoms with Gasteiger partial charge in [-0.15, -0.1) is 0 Å². The van der Waals surface area contributed by atoms with E-state index in [0.29, 0.717) is 21.8 Å². The van der Waals surface area contributed by atoms with Gasteiger partial charge in [-0.1, -0.05) is 11.6 Å². The molecule has 0 unspecified atom stereocenters. The van der Waals surface area contributed by atoms with Gasteiger partial charge in [0.15, 0.2) is 0 Å². The molecular formula is C14H10ClFN2O. The van der Waals surface area contributed by atoms with Crippen LogP contribution in [-0.4, -0.2) is 5.11 Å². The van der Waals surface area contributed by atoms with Crippen molar-refractivity contribution >= 4 is 17.3 Å². The van der Waals surface area contributed by atoms with Gasteiger partial charge in [-0.25, -0.2) is 4.39 Å². The summed E-state index contributed by atoms with van der Waals surface area (Å²) in [5, 5.41) is 21.7. The van der Waals surface area contributed by atoms with E-state index >= 15 is 0 Å². The van der Waals surface area contributed by atoms with Gasteiger partial charge in [0.2, 0.25) is 0 Å². The molecule has 0 heterocycles. The van der Waals surface area contributed by atoms with Crippen LogP contribution in [0.5, 0.6) is 5.75 Å². The van der Waals surface area contributed by atoms with Crippen LogP contribution >= 0.6 is 11.6 Å². The van der Waals surface area contributed by atoms with Gasteiger partial charge in [-0.2, -0.15) is 5.26 Å². The Labute approximate surface area is 114 Å². The molecule has 0 amide bonds. The molecular weight excluding hydrogens is 267 g/mol. The summed E-state index contributed by atoms with van der Waals surface area (Å²) in [6.45, 7) is 0.256. The van der Waals surface area contributed by atoms with Crippen molar-refractivity contribution in [3.63, 3.8) is 0 Å². The van der Waals surface area contributed by atoms with Crippen LogP contribution in [0.25, 0.3) is 0 Å². The summed E-state index contributed by atoms with van der Waals surface area (Å²) in [5.74, 6) is -0.388. The maximum Gasteiger partial charge on any atom is 0.123 e. The molecule has 2 N–H and O–H groups in total. The molecule has 0 fully saturated rings. The fourth-order valence-electron chi connectivity index (χ4n) is 1.61. The van der Waals surface area contributed by atoms with Crippen molar-refractivity contribution in [1.82, 2.24) is 0 Å². The van der Waals surface area contributed by atoms with E-state index in [4.69, 9.17) is 16.9 Å². The molecule has 0 aliphatic rings. The Kier molecular flexibility index (Phi) is 3.88. The molecule has 2 rings (SSSR count). The number of nitrogens with zero attached hydrogens (tertiary/aromatic N) is 1. The van der Waals surface area contributed by atoms with Crippen molar-refractivity contribution < 1.29 is 9.50 Å². The lowest BCUT2D eigenvalue weighted by Crippen LogP contribution is -2.00. The van der Waals surface area contributed by atoms with Crippen LogP contribution in [0.3, 0.4) is 0 Å². The molecule has 0 radical (unpaired) electrons. The Morgan fingerprint density at radius 1 is 1.26 bits per heavy atom. The zero-order valence-electron chi connectivity index (χ0n) is 9.82. The number of benzene rings is 2. The van der Waals surface area contributed by atoms with Gasteiger partial charge in [-0.3, -0.25) is 0 Å². The Morgan fingerprint density at radius 2 is 2.05 bits per heavy atom. The van der Waals surface area contributed by atoms with E-state index in [0.717, 1.165) is 0 Å². The molecule has 0 saturated heterocycles. The third-order valence-electron chi connectivity index (χ3n) is 2.61. The van der Waals surface area contributed by atoms with Gasteiger partial charge in [0.25, 0.3) is 0 Å². The van der Waals surface area contributed by atoms with E-state index in [-0.39, 0.29) is 12.3 Å². The second-order valence-electron chi connectivity index (χ2n) is 3.93. The third kappa shape index (κ3) is 3.15. The first-order valence-corrected chi connectivity index (χ1v) is 5.89. The minimum Gasteiger partial charge on any atom is -0.508 e. The molecule has 2 aromatic carbocycles. The second kappa shape index (κ2) is 5.59. The average molecular weight is 277 g/mol. The molecule has 0 aliphatic heterocycles. The summed E-state index contributed by atoms with van der Waals surface area (Å²) in [7, 11) is 0. The number of rotatable bonds is 3. The average Bonchev–Trinajstić information content (AvgIpc) is 2.40. The van der Waals surface area contributed by atoms with Gasteiger partial charge in [-0.05, 0) is 36.4 Å². The van der Waals surface area contributed by atoms with Crippen molar-refractivity contribution in [3.05, 3.63) is 58.4 Å². The van der Waals surface area contributed by atoms with Crippen LogP contribution in [-0.2, 0) is 6.54 Å². The van der Waals surface area contributed by atoms with E-state index < -0.39 is 5.82 Å². The topological polar surface area (TPSA) is 56.0 Å². The minimum atomic E-state index is -0.410. The SMILES string of the molecule is N#Cc1ccc(NCc2cc(F)ccc2O)cc1Cl. The van der Waals surface area contributed by atoms with Crippen molar-refractivity contribution in [1.29, 1.82) is 5.26 Å². The molecule has 3 nitrogen and oxygen atoms in total. The van der Waals surface area contributed by atoms with Gasteiger partial charge >= 0.3 is 0 Å². The highest BCUT2D eigenvalue weighted by Crippen LogP contribution is 2.23. The first-order valence-electron chi connectivity index (χ1n) is 5.51. The number of hydrogen-bond donors (Lipinski definition) is 2. The summed E-state index contributed by atoms with van der Waals surface area (Å²) in [5.41, 5.74) is 1.52. The highest BCUT2D eigenvalue weighted by Gasteiger charge is 2.04. The molecule has 5 heteroatoms. The van der Waals surface area contributed by atoms with Gasteiger partial charge < -0.3 is 10.4 Å². The van der Waals surface area contributed by atoms with Crippen molar-refractivity contribution in [2.24, 2.45) is 0 Å². The zero-order chi connectivity index (χ0) is 13.8. The normalized spacial score (nSPS) is 9.95. The lowest BCUT2D eigenvalue weighted by atomic mass is 10.1. The number of halogens is 2. The monoisotopic (exact) mass is 276 g/mol. The van der Waals surface area contributed by atoms with E-state index in [1.807, 2.05) is 6.07 Å². The predicted molar refractivity (Wildman–Crippen MR) is 71.6 cm³/mol. The molecule has 0 bridgehead atoms. The zero-order valence-corrected chi connectivity index (χ0v) is 10.6. The number of nitriles is 1. The van der Waals surface area contributed by atoms with Crippen molar-refractivity contribution in [2.75, 3.05) is 5.32 Å². The molecule has 0 aromatic heterocycles. The van der Waals surface area contributed by atoms with Crippen molar-refractivity contribution in [2.45, 2.75) is 6.54 Å². The quantitative estimate of drug-likeness (QED) is 0.899. The largest absolute Gasteiger partial charge is 0.508 e. The molecule has 96 valence electrons. The summed E-state index contributed by atoms with van der Waals surface area (Å²) >= 11 is 5.90. The summed E-state index contributed by atoms with van der Waals surface area (Å²) < 4.78 is 13.0. The van der Waals surface area contributed by atoms with E-state index in [1.54, 1.807) is 18.2 Å². The predicted octanol–water partition coefficient (Wildman–Crippen LogP) is 3.67. The maximum absolute atomic E-state index is 13.0. The van der Waals surface area contributed by atoms with Crippen LogP contribution in [0.1, 0.15) is 11.1 Å².